The van der Waals surface area contributed by atoms with Gasteiger partial charge in [-0.2, -0.15) is 0 Å². The molecule has 10 heavy (non-hydrogen) atoms. The van der Waals surface area contributed by atoms with Gasteiger partial charge in [0.1, 0.15) is 0 Å². The van der Waals surface area contributed by atoms with Crippen molar-refractivity contribution in [1.29, 1.82) is 0 Å². The molecule has 52 valence electrons. The molecule has 0 saturated heterocycles. The number of rotatable bonds is 1. The van der Waals surface area contributed by atoms with Gasteiger partial charge in [0.15, 0.2) is 0 Å². The Hall–Kier alpha value is -0.830. The van der Waals surface area contributed by atoms with Crippen molar-refractivity contribution in [2.45, 2.75) is 0 Å². The first kappa shape index (κ1) is 7.28. The Bertz CT molecular complexity index is 240. The second-order valence-electron chi connectivity index (χ2n) is 1.81. The molecule has 0 bridgehead atoms. The molecular formula is C7H5BrO2. The molecule has 1 aromatic carbocycles. The number of carbonyl (C=O) groups is 1. The van der Waals surface area contributed by atoms with Crippen LogP contribution >= 0.6 is 15.9 Å². The van der Waals surface area contributed by atoms with Gasteiger partial charge in [0, 0.05) is 4.47 Å². The fraction of sp³-hybridized carbons (Fsp3) is 0. The first-order valence-electron chi connectivity index (χ1n) is 2.69. The van der Waals surface area contributed by atoms with Crippen LogP contribution in [-0.4, -0.2) is 11.1 Å². The third kappa shape index (κ3) is 1.57. The van der Waals surface area contributed by atoms with Crippen LogP contribution in [0.25, 0.3) is 0 Å². The predicted molar refractivity (Wildman–Crippen MR) is 41.1 cm³/mol. The zero-order valence-electron chi connectivity index (χ0n) is 5.04. The Balaban J connectivity index is 3.00. The van der Waals surface area contributed by atoms with Gasteiger partial charge in [-0.1, -0.05) is 15.9 Å². The van der Waals surface area contributed by atoms with Gasteiger partial charge >= 0.3 is 5.97 Å². The summed E-state index contributed by atoms with van der Waals surface area (Å²) < 4.78 is 0.887. The zero-order chi connectivity index (χ0) is 7.56. The predicted octanol–water partition coefficient (Wildman–Crippen LogP) is 2.15. The zero-order valence-corrected chi connectivity index (χ0v) is 6.63. The molecule has 0 aromatic heterocycles. The fourth-order valence-corrected chi connectivity index (χ4v) is 0.857. The molecular weight excluding hydrogens is 202 g/mol. The van der Waals surface area contributed by atoms with Crippen LogP contribution in [0, 0.1) is 0 Å². The molecule has 2 nitrogen and oxygen atoms in total. The summed E-state index contributed by atoms with van der Waals surface area (Å²) in [5.41, 5.74) is 0.309. The highest BCUT2D eigenvalue weighted by atomic mass is 79.9. The molecule has 3 heteroatoms. The lowest BCUT2D eigenvalue weighted by Crippen LogP contribution is -1.94. The maximum absolute atomic E-state index is 10.3. The van der Waals surface area contributed by atoms with E-state index in [4.69, 9.17) is 5.11 Å². The molecule has 0 fully saturated rings. The SMILES string of the molecule is O=C(O)[13c]1[13cH][13cH][13c](Br)[13cH][13cH]1. The molecule has 0 amide bonds. The lowest BCUT2D eigenvalue weighted by molar-refractivity contribution is 0.0697. The second-order valence-corrected chi connectivity index (χ2v) is 2.73. The van der Waals surface area contributed by atoms with Crippen molar-refractivity contribution in [1.82, 2.24) is 0 Å². The minimum absolute atomic E-state index is 0.309. The van der Waals surface area contributed by atoms with E-state index in [9.17, 15) is 4.79 Å². The maximum Gasteiger partial charge on any atom is 0.335 e. The van der Waals surface area contributed by atoms with Crippen LogP contribution < -0.4 is 0 Å². The van der Waals surface area contributed by atoms with Gasteiger partial charge in [0.2, 0.25) is 0 Å². The summed E-state index contributed by atoms with van der Waals surface area (Å²) in [5.74, 6) is -0.896. The van der Waals surface area contributed by atoms with Gasteiger partial charge in [0.25, 0.3) is 0 Å². The van der Waals surface area contributed by atoms with Crippen LogP contribution in [0.15, 0.2) is 28.7 Å². The summed E-state index contributed by atoms with van der Waals surface area (Å²) in [5, 5.41) is 8.46. The average Bonchev–Trinajstić information content (AvgIpc) is 1.88. The number of carboxylic acid groups (broad SMARTS) is 1. The first-order chi connectivity index (χ1) is 4.70. The van der Waals surface area contributed by atoms with E-state index in [1.54, 1.807) is 24.3 Å². The third-order valence-electron chi connectivity index (χ3n) is 1.09. The normalized spacial score (nSPS) is 9.30. The van der Waals surface area contributed by atoms with Crippen molar-refractivity contribution in [2.75, 3.05) is 0 Å². The summed E-state index contributed by atoms with van der Waals surface area (Å²) in [6.45, 7) is 0. The number of hydrogen-bond donors (Lipinski definition) is 1. The standard InChI is InChI=1S/C7H5BrO2/c8-6-3-1-5(2-4-6)7(9)10/h1-4H,(H,9,10)/i1+1,2+1,3+1,4+1,5+1,6+1. The highest BCUT2D eigenvalue weighted by molar-refractivity contribution is 9.10. The molecule has 0 saturated carbocycles. The number of carboxylic acids is 1. The average molecular weight is 207 g/mol. The van der Waals surface area contributed by atoms with Gasteiger partial charge in [0.05, 0.1) is 5.56 Å². The van der Waals surface area contributed by atoms with E-state index in [-0.39, 0.29) is 0 Å². The van der Waals surface area contributed by atoms with Crippen molar-refractivity contribution in [3.63, 3.8) is 0 Å². The maximum atomic E-state index is 10.3. The highest BCUT2D eigenvalue weighted by Gasteiger charge is 1.98. The minimum Gasteiger partial charge on any atom is -0.478 e. The van der Waals surface area contributed by atoms with Gasteiger partial charge in [-0.05, 0) is 24.3 Å². The quantitative estimate of drug-likeness (QED) is 0.765. The molecule has 0 spiro atoms. The second kappa shape index (κ2) is 2.84. The molecule has 1 rings (SSSR count). The van der Waals surface area contributed by atoms with E-state index >= 15 is 0 Å². The summed E-state index contributed by atoms with van der Waals surface area (Å²) in [7, 11) is 0. The molecule has 0 aliphatic rings. The van der Waals surface area contributed by atoms with Crippen LogP contribution in [0.2, 0.25) is 0 Å². The summed E-state index contributed by atoms with van der Waals surface area (Å²) in [4.78, 5) is 10.3. The van der Waals surface area contributed by atoms with E-state index in [1.807, 2.05) is 0 Å². The Morgan fingerprint density at radius 1 is 1.30 bits per heavy atom. The van der Waals surface area contributed by atoms with Crippen LogP contribution in [0.3, 0.4) is 0 Å². The Morgan fingerprint density at radius 2 is 1.80 bits per heavy atom. The molecule has 0 heterocycles. The highest BCUT2D eigenvalue weighted by Crippen LogP contribution is 2.09. The van der Waals surface area contributed by atoms with E-state index in [0.717, 1.165) is 4.47 Å². The van der Waals surface area contributed by atoms with Gasteiger partial charge in [-0.25, -0.2) is 4.79 Å². The summed E-state index contributed by atoms with van der Waals surface area (Å²) in [6, 6.07) is 6.49. The van der Waals surface area contributed by atoms with Gasteiger partial charge in [-0.3, -0.25) is 0 Å². The molecule has 0 aliphatic heterocycles. The monoisotopic (exact) mass is 206 g/mol. The first-order valence-corrected chi connectivity index (χ1v) is 3.48. The molecule has 0 unspecified atom stereocenters. The van der Waals surface area contributed by atoms with Crippen molar-refractivity contribution in [3.05, 3.63) is 34.3 Å². The minimum atomic E-state index is -0.896. The largest absolute Gasteiger partial charge is 0.478 e. The van der Waals surface area contributed by atoms with Gasteiger partial charge < -0.3 is 5.11 Å². The lowest BCUT2D eigenvalue weighted by atomic mass is 10.9. The number of hydrogen-bond acceptors (Lipinski definition) is 1. The number of aromatic carboxylic acids is 1. The van der Waals surface area contributed by atoms with E-state index in [2.05, 4.69) is 15.9 Å². The molecule has 1 N–H and O–H groups in total. The van der Waals surface area contributed by atoms with Crippen LogP contribution in [0.4, 0.5) is 0 Å². The molecule has 0 radical (unpaired) electrons. The number of benzene rings is 1. The van der Waals surface area contributed by atoms with E-state index in [1.165, 1.54) is 0 Å². The Labute approximate surface area is 66.6 Å². The van der Waals surface area contributed by atoms with Crippen LogP contribution in [-0.2, 0) is 0 Å². The van der Waals surface area contributed by atoms with Crippen LogP contribution in [0.1, 0.15) is 10.4 Å². The lowest BCUT2D eigenvalue weighted by Gasteiger charge is -1.91. The van der Waals surface area contributed by atoms with Crippen molar-refractivity contribution >= 4 is 21.9 Å². The summed E-state index contributed by atoms with van der Waals surface area (Å²) in [6.07, 6.45) is 0. The molecule has 0 aliphatic carbocycles. The Morgan fingerprint density at radius 3 is 2.20 bits per heavy atom. The van der Waals surface area contributed by atoms with Crippen molar-refractivity contribution in [3.8, 4) is 0 Å². The van der Waals surface area contributed by atoms with Gasteiger partial charge in [-0.15, -0.1) is 0 Å². The van der Waals surface area contributed by atoms with Crippen LogP contribution in [0.5, 0.6) is 0 Å². The fourth-order valence-electron chi connectivity index (χ4n) is 0.592. The third-order valence-corrected chi connectivity index (χ3v) is 1.62. The summed E-state index contributed by atoms with van der Waals surface area (Å²) >= 11 is 3.20. The molecule has 1 aromatic rings. The Kier molecular flexibility index (Phi) is 2.06. The van der Waals surface area contributed by atoms with Crippen molar-refractivity contribution < 1.29 is 9.90 Å². The van der Waals surface area contributed by atoms with E-state index < -0.39 is 5.97 Å². The molecule has 0 atom stereocenters. The van der Waals surface area contributed by atoms with Crippen molar-refractivity contribution in [2.24, 2.45) is 0 Å². The van der Waals surface area contributed by atoms with E-state index in [0.29, 0.717) is 5.56 Å². The topological polar surface area (TPSA) is 37.3 Å². The number of halogens is 1. The smallest absolute Gasteiger partial charge is 0.335 e.